The second-order valence-corrected chi connectivity index (χ2v) is 11.5. The van der Waals surface area contributed by atoms with Crippen LogP contribution in [0.3, 0.4) is 0 Å². The van der Waals surface area contributed by atoms with Gasteiger partial charge in [-0.05, 0) is 38.6 Å². The van der Waals surface area contributed by atoms with Crippen LogP contribution in [0.4, 0.5) is 19.1 Å². The SMILES string of the molecule is CN(C)Cc1cccc(-n2cnc(-c3nc(NC4CCN(S(C)(=O)=O)CC4)ncc3C(F)(F)F)c2)c1Cl. The van der Waals surface area contributed by atoms with E-state index in [-0.39, 0.29) is 23.4 Å². The zero-order valence-electron chi connectivity index (χ0n) is 20.5. The molecule has 1 aliphatic heterocycles. The number of alkyl halides is 3. The first-order chi connectivity index (χ1) is 17.3. The first kappa shape index (κ1) is 27.3. The van der Waals surface area contributed by atoms with Crippen molar-refractivity contribution in [2.24, 2.45) is 0 Å². The Morgan fingerprint density at radius 3 is 2.51 bits per heavy atom. The molecule has 9 nitrogen and oxygen atoms in total. The van der Waals surface area contributed by atoms with E-state index in [9.17, 15) is 21.6 Å². The third kappa shape index (κ3) is 6.40. The summed E-state index contributed by atoms with van der Waals surface area (Å²) in [4.78, 5) is 14.2. The maximum atomic E-state index is 13.8. The number of nitrogens with zero attached hydrogens (tertiary/aromatic N) is 6. The van der Waals surface area contributed by atoms with Crippen molar-refractivity contribution in [3.05, 3.63) is 53.1 Å². The number of halogens is 4. The zero-order valence-corrected chi connectivity index (χ0v) is 22.1. The van der Waals surface area contributed by atoms with Crippen LogP contribution in [0, 0.1) is 0 Å². The van der Waals surface area contributed by atoms with Crippen molar-refractivity contribution in [2.45, 2.75) is 31.6 Å². The van der Waals surface area contributed by atoms with Crippen molar-refractivity contribution >= 4 is 27.6 Å². The van der Waals surface area contributed by atoms with Gasteiger partial charge in [0.1, 0.15) is 23.3 Å². The van der Waals surface area contributed by atoms with Gasteiger partial charge < -0.3 is 14.8 Å². The van der Waals surface area contributed by atoms with Crippen molar-refractivity contribution in [3.63, 3.8) is 0 Å². The molecular formula is C23H27ClF3N7O2S. The van der Waals surface area contributed by atoms with E-state index in [2.05, 4.69) is 20.3 Å². The fourth-order valence-corrected chi connectivity index (χ4v) is 5.33. The third-order valence-electron chi connectivity index (χ3n) is 6.00. The molecule has 0 saturated carbocycles. The van der Waals surface area contributed by atoms with Crippen LogP contribution in [0.25, 0.3) is 17.1 Å². The molecule has 0 radical (unpaired) electrons. The number of rotatable bonds is 7. The van der Waals surface area contributed by atoms with Crippen molar-refractivity contribution in [3.8, 4) is 17.1 Å². The van der Waals surface area contributed by atoms with Gasteiger partial charge in [-0.15, -0.1) is 0 Å². The van der Waals surface area contributed by atoms with E-state index in [0.29, 0.717) is 43.2 Å². The average molecular weight is 558 g/mol. The Morgan fingerprint density at radius 1 is 1.19 bits per heavy atom. The van der Waals surface area contributed by atoms with Crippen molar-refractivity contribution in [2.75, 3.05) is 38.8 Å². The lowest BCUT2D eigenvalue weighted by Gasteiger charge is -2.30. The molecule has 0 atom stereocenters. The highest BCUT2D eigenvalue weighted by atomic mass is 35.5. The van der Waals surface area contributed by atoms with E-state index in [1.54, 1.807) is 10.6 Å². The van der Waals surface area contributed by atoms with Crippen molar-refractivity contribution in [1.29, 1.82) is 0 Å². The van der Waals surface area contributed by atoms with Crippen molar-refractivity contribution < 1.29 is 21.6 Å². The maximum absolute atomic E-state index is 13.8. The first-order valence-electron chi connectivity index (χ1n) is 11.5. The highest BCUT2D eigenvalue weighted by Crippen LogP contribution is 2.36. The molecule has 1 saturated heterocycles. The zero-order chi connectivity index (χ0) is 27.0. The Kier molecular flexibility index (Phi) is 7.79. The first-order valence-corrected chi connectivity index (χ1v) is 13.7. The largest absolute Gasteiger partial charge is 0.420 e. The van der Waals surface area contributed by atoms with Crippen LogP contribution in [-0.2, 0) is 22.7 Å². The summed E-state index contributed by atoms with van der Waals surface area (Å²) < 4.78 is 67.9. The number of hydrogen-bond donors (Lipinski definition) is 1. The van der Waals surface area contributed by atoms with Gasteiger partial charge >= 0.3 is 6.18 Å². The molecular weight excluding hydrogens is 531 g/mol. The number of imidazole rings is 1. The topological polar surface area (TPSA) is 96.3 Å². The summed E-state index contributed by atoms with van der Waals surface area (Å²) in [6, 6.07) is 5.28. The van der Waals surface area contributed by atoms with E-state index in [1.165, 1.54) is 16.8 Å². The van der Waals surface area contributed by atoms with Gasteiger partial charge in [-0.3, -0.25) is 0 Å². The minimum atomic E-state index is -4.69. The van der Waals surface area contributed by atoms with Crippen molar-refractivity contribution in [1.82, 2.24) is 28.7 Å². The maximum Gasteiger partial charge on any atom is 0.420 e. The summed E-state index contributed by atoms with van der Waals surface area (Å²) in [7, 11) is 0.526. The van der Waals surface area contributed by atoms with Crippen LogP contribution in [0.1, 0.15) is 24.0 Å². The number of piperidine rings is 1. The molecule has 2 aromatic heterocycles. The van der Waals surface area contributed by atoms with Crippen LogP contribution >= 0.6 is 11.6 Å². The predicted molar refractivity (Wildman–Crippen MR) is 135 cm³/mol. The Labute approximate surface area is 218 Å². The molecule has 0 aliphatic carbocycles. The Hall–Kier alpha value is -2.74. The molecule has 4 rings (SSSR count). The lowest BCUT2D eigenvalue weighted by Crippen LogP contribution is -2.42. The van der Waals surface area contributed by atoms with Gasteiger partial charge in [0.25, 0.3) is 0 Å². The second-order valence-electron chi connectivity index (χ2n) is 9.19. The summed E-state index contributed by atoms with van der Waals surface area (Å²) in [5.74, 6) is 0.0152. The molecule has 1 aliphatic rings. The molecule has 0 amide bonds. The highest BCUT2D eigenvalue weighted by molar-refractivity contribution is 7.88. The van der Waals surface area contributed by atoms with Gasteiger partial charge in [0.15, 0.2) is 0 Å². The number of anilines is 1. The van der Waals surface area contributed by atoms with E-state index in [0.717, 1.165) is 18.0 Å². The highest BCUT2D eigenvalue weighted by Gasteiger charge is 2.36. The summed E-state index contributed by atoms with van der Waals surface area (Å²) in [5.41, 5.74) is 0.0866. The molecule has 37 heavy (non-hydrogen) atoms. The molecule has 0 bridgehead atoms. The van der Waals surface area contributed by atoms with Gasteiger partial charge in [-0.2, -0.15) is 13.2 Å². The van der Waals surface area contributed by atoms with Crippen LogP contribution < -0.4 is 5.32 Å². The van der Waals surface area contributed by atoms with Crippen LogP contribution in [0.2, 0.25) is 5.02 Å². The molecule has 14 heteroatoms. The molecule has 200 valence electrons. The Bertz CT molecular complexity index is 1370. The number of aromatic nitrogens is 4. The Balaban J connectivity index is 1.63. The summed E-state index contributed by atoms with van der Waals surface area (Å²) in [6.07, 6.45) is 0.990. The summed E-state index contributed by atoms with van der Waals surface area (Å²) in [6.45, 7) is 1.21. The number of hydrogen-bond acceptors (Lipinski definition) is 7. The number of benzene rings is 1. The van der Waals surface area contributed by atoms with Gasteiger partial charge in [0.2, 0.25) is 16.0 Å². The third-order valence-corrected chi connectivity index (χ3v) is 7.74. The van der Waals surface area contributed by atoms with Gasteiger partial charge in [-0.25, -0.2) is 27.7 Å². The smallest absolute Gasteiger partial charge is 0.351 e. The second kappa shape index (κ2) is 10.6. The molecule has 0 unspecified atom stereocenters. The summed E-state index contributed by atoms with van der Waals surface area (Å²) >= 11 is 6.59. The number of sulfonamides is 1. The molecule has 3 heterocycles. The predicted octanol–water partition coefficient (Wildman–Crippen LogP) is 3.90. The van der Waals surface area contributed by atoms with Gasteiger partial charge in [0, 0.05) is 38.1 Å². The normalized spacial score (nSPS) is 15.9. The Morgan fingerprint density at radius 2 is 1.89 bits per heavy atom. The quantitative estimate of drug-likeness (QED) is 0.471. The summed E-state index contributed by atoms with van der Waals surface area (Å²) in [5, 5.41) is 3.52. The van der Waals surface area contributed by atoms with Crippen LogP contribution in [0.15, 0.2) is 36.9 Å². The molecule has 1 N–H and O–H groups in total. The lowest BCUT2D eigenvalue weighted by atomic mass is 10.1. The van der Waals surface area contributed by atoms with Crippen LogP contribution in [0.5, 0.6) is 0 Å². The van der Waals surface area contributed by atoms with E-state index < -0.39 is 21.8 Å². The molecule has 0 spiro atoms. The molecule has 3 aromatic rings. The number of nitrogens with one attached hydrogen (secondary N) is 1. The van der Waals surface area contributed by atoms with Gasteiger partial charge in [0.05, 0.1) is 17.0 Å². The standard InChI is InChI=1S/C23H27ClF3N7O2S/c1-32(2)12-15-5-4-6-19(20(15)24)33-13-18(29-14-33)21-17(23(25,26)27)11-28-22(31-21)30-16-7-9-34(10-8-16)37(3,35)36/h4-6,11,13-14,16H,7-10,12H2,1-3H3,(H,28,30,31). The fourth-order valence-electron chi connectivity index (χ4n) is 4.17. The van der Waals surface area contributed by atoms with E-state index in [4.69, 9.17) is 11.6 Å². The average Bonchev–Trinajstić information content (AvgIpc) is 3.29. The monoisotopic (exact) mass is 557 g/mol. The fraction of sp³-hybridized carbons (Fsp3) is 0.435. The minimum absolute atomic E-state index is 0.0127. The molecule has 1 aromatic carbocycles. The van der Waals surface area contributed by atoms with Crippen LogP contribution in [-0.4, -0.2) is 76.6 Å². The van der Waals surface area contributed by atoms with E-state index >= 15 is 0 Å². The molecule has 1 fully saturated rings. The minimum Gasteiger partial charge on any atom is -0.351 e. The lowest BCUT2D eigenvalue weighted by molar-refractivity contribution is -0.137. The van der Waals surface area contributed by atoms with Gasteiger partial charge in [-0.1, -0.05) is 23.7 Å². The van der Waals surface area contributed by atoms with E-state index in [1.807, 2.05) is 31.1 Å².